The van der Waals surface area contributed by atoms with Gasteiger partial charge in [-0.1, -0.05) is 18.2 Å². The Morgan fingerprint density at radius 2 is 1.75 bits per heavy atom. The summed E-state index contributed by atoms with van der Waals surface area (Å²) >= 11 is 4.42. The van der Waals surface area contributed by atoms with Crippen LogP contribution in [-0.4, -0.2) is 8.42 Å². The van der Waals surface area contributed by atoms with Gasteiger partial charge in [-0.3, -0.25) is 4.72 Å². The summed E-state index contributed by atoms with van der Waals surface area (Å²) in [6, 6.07) is 12.1. The van der Waals surface area contributed by atoms with Gasteiger partial charge in [0.15, 0.2) is 0 Å². The molecule has 1 heterocycles. The Morgan fingerprint density at radius 3 is 2.31 bits per heavy atom. The lowest BCUT2D eigenvalue weighted by Gasteiger charge is -2.04. The lowest BCUT2D eigenvalue weighted by Crippen LogP contribution is -2.11. The van der Waals surface area contributed by atoms with Crippen molar-refractivity contribution in [3.63, 3.8) is 0 Å². The molecule has 0 atom stereocenters. The summed E-state index contributed by atoms with van der Waals surface area (Å²) < 4.78 is 27.4. The molecule has 1 aromatic heterocycles. The Labute approximate surface area is 106 Å². The van der Waals surface area contributed by atoms with Crippen LogP contribution in [0.5, 0.6) is 0 Å². The zero-order chi connectivity index (χ0) is 11.6. The summed E-state index contributed by atoms with van der Waals surface area (Å²) in [5, 5.41) is 0. The fraction of sp³-hybridized carbons (Fsp3) is 0. The Kier molecular flexibility index (Phi) is 3.32. The number of thiophene rings is 1. The molecule has 84 valence electrons. The molecule has 0 bridgehead atoms. The predicted molar refractivity (Wildman–Crippen MR) is 69.3 cm³/mol. The molecule has 0 amide bonds. The first-order valence-electron chi connectivity index (χ1n) is 4.41. The SMILES string of the molecule is O=S(=O)(Nc1ccccc1)c1ccc(Br)s1. The van der Waals surface area contributed by atoms with E-state index >= 15 is 0 Å². The summed E-state index contributed by atoms with van der Waals surface area (Å²) in [5.41, 5.74) is 0.562. The molecule has 6 heteroatoms. The zero-order valence-electron chi connectivity index (χ0n) is 8.05. The number of hydrogen-bond donors (Lipinski definition) is 1. The van der Waals surface area contributed by atoms with Gasteiger partial charge >= 0.3 is 0 Å². The van der Waals surface area contributed by atoms with Crippen molar-refractivity contribution in [2.75, 3.05) is 4.72 Å². The number of nitrogens with one attached hydrogen (secondary N) is 1. The van der Waals surface area contributed by atoms with E-state index in [1.54, 1.807) is 36.4 Å². The van der Waals surface area contributed by atoms with Crippen LogP contribution in [0.25, 0.3) is 0 Å². The van der Waals surface area contributed by atoms with E-state index in [0.29, 0.717) is 9.90 Å². The van der Waals surface area contributed by atoms with Crippen LogP contribution in [0.15, 0.2) is 50.5 Å². The van der Waals surface area contributed by atoms with Gasteiger partial charge < -0.3 is 0 Å². The molecular weight excluding hydrogens is 310 g/mol. The van der Waals surface area contributed by atoms with Crippen LogP contribution in [0, 0.1) is 0 Å². The molecule has 0 aliphatic carbocycles. The van der Waals surface area contributed by atoms with E-state index in [0.717, 1.165) is 3.79 Å². The maximum absolute atomic E-state index is 11.9. The van der Waals surface area contributed by atoms with Gasteiger partial charge in [-0.05, 0) is 40.2 Å². The highest BCUT2D eigenvalue weighted by Gasteiger charge is 2.16. The molecule has 0 spiro atoms. The second-order valence-corrected chi connectivity index (χ2v) is 7.40. The van der Waals surface area contributed by atoms with Crippen LogP contribution in [-0.2, 0) is 10.0 Å². The highest BCUT2D eigenvalue weighted by Crippen LogP contribution is 2.27. The van der Waals surface area contributed by atoms with E-state index in [1.165, 1.54) is 11.3 Å². The fourth-order valence-electron chi connectivity index (χ4n) is 1.15. The largest absolute Gasteiger partial charge is 0.279 e. The number of para-hydroxylation sites is 1. The molecule has 16 heavy (non-hydrogen) atoms. The van der Waals surface area contributed by atoms with Gasteiger partial charge in [0.2, 0.25) is 0 Å². The van der Waals surface area contributed by atoms with Gasteiger partial charge in [0, 0.05) is 5.69 Å². The molecule has 3 nitrogen and oxygen atoms in total. The third-order valence-corrected chi connectivity index (χ3v) is 5.34. The van der Waals surface area contributed by atoms with Gasteiger partial charge in [-0.25, -0.2) is 8.42 Å². The minimum atomic E-state index is -3.45. The van der Waals surface area contributed by atoms with Gasteiger partial charge in [0.1, 0.15) is 4.21 Å². The summed E-state index contributed by atoms with van der Waals surface area (Å²) in [4.78, 5) is 0. The first-order chi connectivity index (χ1) is 7.58. The average Bonchev–Trinajstić information content (AvgIpc) is 2.66. The Hall–Kier alpha value is -0.850. The monoisotopic (exact) mass is 317 g/mol. The van der Waals surface area contributed by atoms with E-state index in [1.807, 2.05) is 6.07 Å². The first-order valence-corrected chi connectivity index (χ1v) is 7.50. The molecule has 0 aliphatic heterocycles. The number of benzene rings is 1. The normalized spacial score (nSPS) is 11.3. The number of hydrogen-bond acceptors (Lipinski definition) is 3. The predicted octanol–water partition coefficient (Wildman–Crippen LogP) is 3.31. The molecule has 0 saturated carbocycles. The standard InChI is InChI=1S/C10H8BrNO2S2/c11-9-6-7-10(15-9)16(13,14)12-8-4-2-1-3-5-8/h1-7,12H. The minimum Gasteiger partial charge on any atom is -0.279 e. The number of anilines is 1. The number of rotatable bonds is 3. The van der Waals surface area contributed by atoms with Crippen LogP contribution in [0.2, 0.25) is 0 Å². The second kappa shape index (κ2) is 4.57. The smallest absolute Gasteiger partial charge is 0.271 e. The van der Waals surface area contributed by atoms with E-state index in [4.69, 9.17) is 0 Å². The lowest BCUT2D eigenvalue weighted by atomic mass is 10.3. The molecular formula is C10H8BrNO2S2. The second-order valence-electron chi connectivity index (χ2n) is 3.03. The summed E-state index contributed by atoms with van der Waals surface area (Å²) in [7, 11) is -3.45. The third-order valence-electron chi connectivity index (χ3n) is 1.84. The molecule has 1 aromatic carbocycles. The number of halogens is 1. The fourth-order valence-corrected chi connectivity index (χ4v) is 4.22. The molecule has 2 rings (SSSR count). The van der Waals surface area contributed by atoms with Gasteiger partial charge in [0.05, 0.1) is 3.79 Å². The van der Waals surface area contributed by atoms with E-state index in [2.05, 4.69) is 20.7 Å². The topological polar surface area (TPSA) is 46.2 Å². The lowest BCUT2D eigenvalue weighted by molar-refractivity contribution is 0.603. The molecule has 0 unspecified atom stereocenters. The van der Waals surface area contributed by atoms with Crippen molar-refractivity contribution in [3.05, 3.63) is 46.3 Å². The van der Waals surface area contributed by atoms with E-state index in [9.17, 15) is 8.42 Å². The molecule has 0 saturated heterocycles. The first kappa shape index (κ1) is 11.6. The molecule has 0 fully saturated rings. The van der Waals surface area contributed by atoms with Crippen LogP contribution < -0.4 is 4.72 Å². The quantitative estimate of drug-likeness (QED) is 0.944. The van der Waals surface area contributed by atoms with Gasteiger partial charge in [-0.2, -0.15) is 0 Å². The molecule has 2 aromatic rings. The minimum absolute atomic E-state index is 0.295. The Bertz CT molecular complexity index is 578. The third kappa shape index (κ3) is 2.63. The molecule has 0 aliphatic rings. The van der Waals surface area contributed by atoms with Crippen LogP contribution in [0.4, 0.5) is 5.69 Å². The van der Waals surface area contributed by atoms with Crippen LogP contribution >= 0.6 is 27.3 Å². The highest BCUT2D eigenvalue weighted by atomic mass is 79.9. The van der Waals surface area contributed by atoms with E-state index < -0.39 is 10.0 Å². The van der Waals surface area contributed by atoms with Gasteiger partial charge in [-0.15, -0.1) is 11.3 Å². The van der Waals surface area contributed by atoms with Crippen molar-refractivity contribution >= 4 is 43.0 Å². The summed E-state index contributed by atoms with van der Waals surface area (Å²) in [6.45, 7) is 0. The maximum atomic E-state index is 11.9. The van der Waals surface area contributed by atoms with Crippen molar-refractivity contribution < 1.29 is 8.42 Å². The highest BCUT2D eigenvalue weighted by molar-refractivity contribution is 9.11. The summed E-state index contributed by atoms with van der Waals surface area (Å²) in [5.74, 6) is 0. The molecule has 1 N–H and O–H groups in total. The zero-order valence-corrected chi connectivity index (χ0v) is 11.3. The maximum Gasteiger partial charge on any atom is 0.271 e. The van der Waals surface area contributed by atoms with Crippen molar-refractivity contribution in [2.45, 2.75) is 4.21 Å². The van der Waals surface area contributed by atoms with Crippen molar-refractivity contribution in [1.82, 2.24) is 0 Å². The Morgan fingerprint density at radius 1 is 1.06 bits per heavy atom. The van der Waals surface area contributed by atoms with Crippen molar-refractivity contribution in [1.29, 1.82) is 0 Å². The average molecular weight is 318 g/mol. The van der Waals surface area contributed by atoms with Crippen molar-refractivity contribution in [2.24, 2.45) is 0 Å². The Balaban J connectivity index is 2.28. The van der Waals surface area contributed by atoms with Crippen molar-refractivity contribution in [3.8, 4) is 0 Å². The molecule has 0 radical (unpaired) electrons. The van der Waals surface area contributed by atoms with Crippen LogP contribution in [0.3, 0.4) is 0 Å². The van der Waals surface area contributed by atoms with Gasteiger partial charge in [0.25, 0.3) is 10.0 Å². The van der Waals surface area contributed by atoms with Crippen LogP contribution in [0.1, 0.15) is 0 Å². The summed E-state index contributed by atoms with van der Waals surface area (Å²) in [6.07, 6.45) is 0. The number of sulfonamides is 1. The van der Waals surface area contributed by atoms with E-state index in [-0.39, 0.29) is 0 Å².